The zero-order valence-electron chi connectivity index (χ0n) is 15.9. The SMILES string of the molecule is CC1(C)c2ccccc2-c2cc(-c3nc(Cl)nc(C4=CCCC=C4)n3)ccc21. The maximum atomic E-state index is 6.25. The van der Waals surface area contributed by atoms with Gasteiger partial charge in [-0.3, -0.25) is 0 Å². The summed E-state index contributed by atoms with van der Waals surface area (Å²) >= 11 is 6.25. The summed E-state index contributed by atoms with van der Waals surface area (Å²) < 4.78 is 0. The number of halogens is 1. The fourth-order valence-corrected chi connectivity index (χ4v) is 4.41. The molecule has 0 saturated carbocycles. The molecule has 28 heavy (non-hydrogen) atoms. The number of benzene rings is 2. The molecule has 3 aromatic rings. The lowest BCUT2D eigenvalue weighted by Crippen LogP contribution is -2.14. The maximum Gasteiger partial charge on any atom is 0.226 e. The summed E-state index contributed by atoms with van der Waals surface area (Å²) in [5.74, 6) is 1.24. The highest BCUT2D eigenvalue weighted by atomic mass is 35.5. The molecule has 0 amide bonds. The average Bonchev–Trinajstić information content (AvgIpc) is 2.95. The molecule has 2 aromatic carbocycles. The van der Waals surface area contributed by atoms with Crippen molar-refractivity contribution in [1.82, 2.24) is 15.0 Å². The third kappa shape index (κ3) is 2.70. The van der Waals surface area contributed by atoms with Crippen LogP contribution in [0, 0.1) is 0 Å². The van der Waals surface area contributed by atoms with Crippen molar-refractivity contribution in [3.8, 4) is 22.5 Å². The van der Waals surface area contributed by atoms with E-state index in [9.17, 15) is 0 Å². The molecular formula is C24H20ClN3. The monoisotopic (exact) mass is 385 g/mol. The normalized spacial score (nSPS) is 16.5. The lowest BCUT2D eigenvalue weighted by atomic mass is 9.82. The Hall–Kier alpha value is -2.78. The van der Waals surface area contributed by atoms with Crippen LogP contribution in [0.4, 0.5) is 0 Å². The van der Waals surface area contributed by atoms with E-state index in [4.69, 9.17) is 16.6 Å². The van der Waals surface area contributed by atoms with Crippen LogP contribution >= 0.6 is 11.6 Å². The van der Waals surface area contributed by atoms with Crippen molar-refractivity contribution in [3.63, 3.8) is 0 Å². The van der Waals surface area contributed by atoms with E-state index < -0.39 is 0 Å². The molecule has 0 fully saturated rings. The molecule has 2 aliphatic rings. The fourth-order valence-electron chi connectivity index (χ4n) is 4.25. The lowest BCUT2D eigenvalue weighted by Gasteiger charge is -2.21. The number of aromatic nitrogens is 3. The molecule has 0 N–H and O–H groups in total. The number of hydrogen-bond donors (Lipinski definition) is 0. The van der Waals surface area contributed by atoms with Gasteiger partial charge in [-0.1, -0.05) is 68.5 Å². The quantitative estimate of drug-likeness (QED) is 0.524. The highest BCUT2D eigenvalue weighted by Crippen LogP contribution is 2.49. The summed E-state index contributed by atoms with van der Waals surface area (Å²) in [6.07, 6.45) is 8.39. The summed E-state index contributed by atoms with van der Waals surface area (Å²) in [7, 11) is 0. The Morgan fingerprint density at radius 3 is 2.46 bits per heavy atom. The Morgan fingerprint density at radius 1 is 0.857 bits per heavy atom. The Morgan fingerprint density at radius 2 is 1.64 bits per heavy atom. The molecular weight excluding hydrogens is 366 g/mol. The van der Waals surface area contributed by atoms with Crippen LogP contribution in [0.1, 0.15) is 43.6 Å². The molecule has 3 nitrogen and oxygen atoms in total. The van der Waals surface area contributed by atoms with E-state index in [2.05, 4.69) is 84.5 Å². The zero-order chi connectivity index (χ0) is 19.3. The van der Waals surface area contributed by atoms with Crippen LogP contribution in [0.5, 0.6) is 0 Å². The van der Waals surface area contributed by atoms with Gasteiger partial charge < -0.3 is 0 Å². The zero-order valence-corrected chi connectivity index (χ0v) is 16.7. The number of allylic oxidation sites excluding steroid dienone is 4. The Labute approximate surface area is 169 Å². The van der Waals surface area contributed by atoms with Gasteiger partial charge in [-0.15, -0.1) is 0 Å². The highest BCUT2D eigenvalue weighted by Gasteiger charge is 2.35. The number of nitrogens with zero attached hydrogens (tertiary/aromatic N) is 3. The van der Waals surface area contributed by atoms with E-state index in [1.54, 1.807) is 0 Å². The van der Waals surface area contributed by atoms with Crippen molar-refractivity contribution in [2.45, 2.75) is 32.1 Å². The van der Waals surface area contributed by atoms with Crippen LogP contribution in [-0.2, 0) is 5.41 Å². The lowest BCUT2D eigenvalue weighted by molar-refractivity contribution is 0.660. The molecule has 0 radical (unpaired) electrons. The predicted molar refractivity (Wildman–Crippen MR) is 114 cm³/mol. The van der Waals surface area contributed by atoms with E-state index in [0.29, 0.717) is 11.6 Å². The van der Waals surface area contributed by atoms with E-state index in [1.165, 1.54) is 22.3 Å². The molecule has 0 spiro atoms. The molecule has 0 bridgehead atoms. The molecule has 0 unspecified atom stereocenters. The summed E-state index contributed by atoms with van der Waals surface area (Å²) in [5, 5.41) is 0.223. The van der Waals surface area contributed by atoms with Gasteiger partial charge in [0.2, 0.25) is 5.28 Å². The predicted octanol–water partition coefficient (Wildman–Crippen LogP) is 6.23. The average molecular weight is 386 g/mol. The minimum absolute atomic E-state index is 0.00985. The maximum absolute atomic E-state index is 6.25. The van der Waals surface area contributed by atoms with Crippen molar-refractivity contribution in [1.29, 1.82) is 0 Å². The van der Waals surface area contributed by atoms with Gasteiger partial charge in [0.15, 0.2) is 11.6 Å². The van der Waals surface area contributed by atoms with Crippen LogP contribution in [0.3, 0.4) is 0 Å². The van der Waals surface area contributed by atoms with Crippen molar-refractivity contribution < 1.29 is 0 Å². The van der Waals surface area contributed by atoms with Gasteiger partial charge in [0, 0.05) is 16.6 Å². The van der Waals surface area contributed by atoms with Crippen LogP contribution in [0.2, 0.25) is 5.28 Å². The number of fused-ring (bicyclic) bond motifs is 3. The summed E-state index contributed by atoms with van der Waals surface area (Å²) in [6.45, 7) is 4.55. The first kappa shape index (κ1) is 17.3. The molecule has 0 atom stereocenters. The second-order valence-electron chi connectivity index (χ2n) is 7.82. The van der Waals surface area contributed by atoms with Crippen LogP contribution in [0.15, 0.2) is 60.7 Å². The van der Waals surface area contributed by atoms with Crippen molar-refractivity contribution >= 4 is 17.2 Å². The van der Waals surface area contributed by atoms with E-state index >= 15 is 0 Å². The van der Waals surface area contributed by atoms with Gasteiger partial charge in [-0.05, 0) is 52.8 Å². The van der Waals surface area contributed by atoms with Crippen LogP contribution < -0.4 is 0 Å². The third-order valence-corrected chi connectivity index (χ3v) is 5.87. The van der Waals surface area contributed by atoms with E-state index in [1.807, 2.05) is 0 Å². The highest BCUT2D eigenvalue weighted by molar-refractivity contribution is 6.28. The molecule has 4 heteroatoms. The summed E-state index contributed by atoms with van der Waals surface area (Å²) in [5.41, 5.74) is 7.16. The second-order valence-corrected chi connectivity index (χ2v) is 8.16. The molecule has 0 saturated heterocycles. The number of hydrogen-bond acceptors (Lipinski definition) is 3. The Balaban J connectivity index is 1.65. The van der Waals surface area contributed by atoms with E-state index in [-0.39, 0.29) is 10.7 Å². The first-order valence-corrected chi connectivity index (χ1v) is 9.95. The van der Waals surface area contributed by atoms with Gasteiger partial charge in [0.1, 0.15) is 0 Å². The molecule has 1 aromatic heterocycles. The van der Waals surface area contributed by atoms with E-state index in [0.717, 1.165) is 24.0 Å². The molecule has 0 aliphatic heterocycles. The van der Waals surface area contributed by atoms with Gasteiger partial charge in [-0.2, -0.15) is 9.97 Å². The topological polar surface area (TPSA) is 38.7 Å². The molecule has 2 aliphatic carbocycles. The molecule has 138 valence electrons. The van der Waals surface area contributed by atoms with Crippen molar-refractivity contribution in [2.24, 2.45) is 0 Å². The smallest absolute Gasteiger partial charge is 0.208 e. The Bertz CT molecular complexity index is 1160. The Kier molecular flexibility index (Phi) is 3.95. The van der Waals surface area contributed by atoms with Gasteiger partial charge in [0.05, 0.1) is 0 Å². The largest absolute Gasteiger partial charge is 0.226 e. The minimum atomic E-state index is -0.00985. The summed E-state index contributed by atoms with van der Waals surface area (Å²) in [6, 6.07) is 15.1. The standard InChI is InChI=1S/C24H20ClN3/c1-24(2)19-11-7-6-10-17(19)18-14-16(12-13-20(18)24)22-26-21(27-23(25)28-22)15-8-4-3-5-9-15/h4,6-14H,3,5H2,1-2H3. The van der Waals surface area contributed by atoms with Gasteiger partial charge in [0.25, 0.3) is 0 Å². The van der Waals surface area contributed by atoms with Crippen LogP contribution in [0.25, 0.3) is 28.1 Å². The third-order valence-electron chi connectivity index (χ3n) is 5.70. The minimum Gasteiger partial charge on any atom is -0.208 e. The van der Waals surface area contributed by atoms with Gasteiger partial charge in [-0.25, -0.2) is 4.98 Å². The number of rotatable bonds is 2. The van der Waals surface area contributed by atoms with Crippen molar-refractivity contribution in [3.05, 3.63) is 82.9 Å². The second kappa shape index (κ2) is 6.39. The first-order chi connectivity index (χ1) is 13.5. The molecule has 5 rings (SSSR count). The summed E-state index contributed by atoms with van der Waals surface area (Å²) in [4.78, 5) is 13.5. The van der Waals surface area contributed by atoms with Crippen molar-refractivity contribution in [2.75, 3.05) is 0 Å². The van der Waals surface area contributed by atoms with Gasteiger partial charge >= 0.3 is 0 Å². The fraction of sp³-hybridized carbons (Fsp3) is 0.208. The molecule has 1 heterocycles. The van der Waals surface area contributed by atoms with Crippen LogP contribution in [-0.4, -0.2) is 15.0 Å². The first-order valence-electron chi connectivity index (χ1n) is 9.57.